The lowest BCUT2D eigenvalue weighted by Crippen LogP contribution is -2.40. The average Bonchev–Trinajstić information content (AvgIpc) is 2.45. The molecule has 1 fully saturated rings. The molecule has 1 saturated heterocycles. The summed E-state index contributed by atoms with van der Waals surface area (Å²) < 4.78 is 4.72. The highest BCUT2D eigenvalue weighted by Gasteiger charge is 2.39. The summed E-state index contributed by atoms with van der Waals surface area (Å²) >= 11 is 0. The van der Waals surface area contributed by atoms with Crippen LogP contribution in [0, 0.1) is 5.92 Å². The molecular weight excluding hydrogens is 180 g/mol. The normalized spacial score (nSPS) is 29.2. The number of carbonyl (C=O) groups excluding carboxylic acids is 1. The number of nitrogens with two attached hydrogens (primary N) is 1. The fourth-order valence-corrected chi connectivity index (χ4v) is 1.78. The lowest BCUT2D eigenvalue weighted by Gasteiger charge is -2.31. The molecule has 0 radical (unpaired) electrons. The summed E-state index contributed by atoms with van der Waals surface area (Å²) in [6, 6.07) is -0.0957. The second-order valence-electron chi connectivity index (χ2n) is 4.87. The Kier molecular flexibility index (Phi) is 3.17. The summed E-state index contributed by atoms with van der Waals surface area (Å²) in [7, 11) is 1.41. The first-order valence-electron chi connectivity index (χ1n) is 4.94. The van der Waals surface area contributed by atoms with Gasteiger partial charge in [0.05, 0.1) is 13.0 Å². The second-order valence-corrected chi connectivity index (χ2v) is 4.87. The van der Waals surface area contributed by atoms with E-state index >= 15 is 0 Å². The summed E-state index contributed by atoms with van der Waals surface area (Å²) in [5.41, 5.74) is 5.97. The Labute approximate surface area is 85.4 Å². The van der Waals surface area contributed by atoms with Gasteiger partial charge in [0.1, 0.15) is 0 Å². The van der Waals surface area contributed by atoms with E-state index in [2.05, 4.69) is 25.7 Å². The quantitative estimate of drug-likeness (QED) is 0.615. The van der Waals surface area contributed by atoms with E-state index in [9.17, 15) is 4.79 Å². The van der Waals surface area contributed by atoms with Crippen LogP contribution in [0.2, 0.25) is 0 Å². The molecule has 0 unspecified atom stereocenters. The maximum Gasteiger partial charge on any atom is 0.311 e. The van der Waals surface area contributed by atoms with E-state index in [0.29, 0.717) is 6.54 Å². The largest absolute Gasteiger partial charge is 0.469 e. The summed E-state index contributed by atoms with van der Waals surface area (Å²) in [6.07, 6.45) is 0. The third-order valence-electron chi connectivity index (χ3n) is 2.82. The first-order valence-corrected chi connectivity index (χ1v) is 4.94. The van der Waals surface area contributed by atoms with Gasteiger partial charge >= 0.3 is 5.97 Å². The van der Waals surface area contributed by atoms with Crippen molar-refractivity contribution < 1.29 is 9.53 Å². The molecule has 14 heavy (non-hydrogen) atoms. The molecule has 4 heteroatoms. The molecule has 0 aliphatic carbocycles. The zero-order chi connectivity index (χ0) is 10.9. The Morgan fingerprint density at radius 1 is 1.43 bits per heavy atom. The van der Waals surface area contributed by atoms with Gasteiger partial charge in [-0.15, -0.1) is 0 Å². The molecule has 4 nitrogen and oxygen atoms in total. The molecule has 0 aromatic heterocycles. The van der Waals surface area contributed by atoms with E-state index in [0.717, 1.165) is 6.54 Å². The molecule has 0 aromatic carbocycles. The highest BCUT2D eigenvalue weighted by atomic mass is 16.5. The Morgan fingerprint density at radius 3 is 2.36 bits per heavy atom. The summed E-state index contributed by atoms with van der Waals surface area (Å²) in [5.74, 6) is -0.358. The molecule has 1 aliphatic rings. The van der Waals surface area contributed by atoms with Crippen molar-refractivity contribution in [2.24, 2.45) is 11.7 Å². The molecular formula is C10H20N2O2. The molecule has 0 bridgehead atoms. The minimum Gasteiger partial charge on any atom is -0.469 e. The van der Waals surface area contributed by atoms with E-state index < -0.39 is 0 Å². The van der Waals surface area contributed by atoms with Crippen LogP contribution >= 0.6 is 0 Å². The van der Waals surface area contributed by atoms with Gasteiger partial charge in [0.25, 0.3) is 0 Å². The lowest BCUT2D eigenvalue weighted by molar-refractivity contribution is -0.145. The zero-order valence-electron chi connectivity index (χ0n) is 9.41. The van der Waals surface area contributed by atoms with Crippen molar-refractivity contribution in [2.45, 2.75) is 32.4 Å². The van der Waals surface area contributed by atoms with Gasteiger partial charge in [0, 0.05) is 24.7 Å². The van der Waals surface area contributed by atoms with E-state index in [-0.39, 0.29) is 23.5 Å². The van der Waals surface area contributed by atoms with Gasteiger partial charge in [-0.05, 0) is 20.8 Å². The van der Waals surface area contributed by atoms with Crippen LogP contribution in [0.15, 0.2) is 0 Å². The molecule has 0 amide bonds. The van der Waals surface area contributed by atoms with Crippen LogP contribution in [-0.4, -0.2) is 42.6 Å². The average molecular weight is 200 g/mol. The van der Waals surface area contributed by atoms with Crippen molar-refractivity contribution in [3.8, 4) is 0 Å². The number of nitrogens with zero attached hydrogens (tertiary/aromatic N) is 1. The molecule has 1 rings (SSSR count). The molecule has 0 spiro atoms. The highest BCUT2D eigenvalue weighted by Crippen LogP contribution is 2.24. The van der Waals surface area contributed by atoms with Crippen molar-refractivity contribution in [2.75, 3.05) is 20.2 Å². The third kappa shape index (κ3) is 2.25. The Hall–Kier alpha value is -0.610. The van der Waals surface area contributed by atoms with Gasteiger partial charge in [-0.3, -0.25) is 9.69 Å². The van der Waals surface area contributed by atoms with Crippen molar-refractivity contribution in [1.82, 2.24) is 4.90 Å². The van der Waals surface area contributed by atoms with Crippen LogP contribution < -0.4 is 5.73 Å². The number of hydrogen-bond donors (Lipinski definition) is 1. The van der Waals surface area contributed by atoms with Crippen molar-refractivity contribution >= 4 is 5.97 Å². The first-order chi connectivity index (χ1) is 6.36. The summed E-state index contributed by atoms with van der Waals surface area (Å²) in [5, 5.41) is 0. The monoisotopic (exact) mass is 200 g/mol. The van der Waals surface area contributed by atoms with Crippen molar-refractivity contribution in [3.63, 3.8) is 0 Å². The zero-order valence-corrected chi connectivity index (χ0v) is 9.41. The van der Waals surface area contributed by atoms with Crippen molar-refractivity contribution in [1.29, 1.82) is 0 Å². The number of esters is 1. The number of rotatable bonds is 1. The molecule has 0 saturated carbocycles. The van der Waals surface area contributed by atoms with E-state index in [1.165, 1.54) is 7.11 Å². The number of methoxy groups -OCH3 is 1. The first kappa shape index (κ1) is 11.5. The molecule has 82 valence electrons. The third-order valence-corrected chi connectivity index (χ3v) is 2.82. The minimum absolute atomic E-state index is 0.0698. The van der Waals surface area contributed by atoms with Gasteiger partial charge in [-0.25, -0.2) is 0 Å². The number of hydrogen-bond acceptors (Lipinski definition) is 4. The Bertz CT molecular complexity index is 223. The van der Waals surface area contributed by atoms with E-state index in [1.807, 2.05) is 0 Å². The fourth-order valence-electron chi connectivity index (χ4n) is 1.78. The van der Waals surface area contributed by atoms with Gasteiger partial charge in [-0.2, -0.15) is 0 Å². The SMILES string of the molecule is COC(=O)[C@H]1CN(C(C)(C)C)C[C@H]1N. The Balaban J connectivity index is 2.65. The van der Waals surface area contributed by atoms with Crippen LogP contribution in [0.5, 0.6) is 0 Å². The predicted octanol–water partition coefficient (Wildman–Crippen LogP) is 0.217. The predicted molar refractivity (Wildman–Crippen MR) is 54.8 cm³/mol. The molecule has 1 aliphatic heterocycles. The molecule has 2 atom stereocenters. The molecule has 1 heterocycles. The van der Waals surface area contributed by atoms with E-state index in [1.54, 1.807) is 0 Å². The number of ether oxygens (including phenoxy) is 1. The smallest absolute Gasteiger partial charge is 0.311 e. The van der Waals surface area contributed by atoms with Gasteiger partial charge in [0.15, 0.2) is 0 Å². The minimum atomic E-state index is -0.191. The summed E-state index contributed by atoms with van der Waals surface area (Å²) in [4.78, 5) is 13.6. The van der Waals surface area contributed by atoms with Gasteiger partial charge in [-0.1, -0.05) is 0 Å². The standard InChI is InChI=1S/C10H20N2O2/c1-10(2,3)12-5-7(8(11)6-12)9(13)14-4/h7-8H,5-6,11H2,1-4H3/t7-,8+/m0/s1. The summed E-state index contributed by atoms with van der Waals surface area (Å²) in [6.45, 7) is 7.85. The van der Waals surface area contributed by atoms with Gasteiger partial charge < -0.3 is 10.5 Å². The van der Waals surface area contributed by atoms with Crippen LogP contribution in [0.3, 0.4) is 0 Å². The van der Waals surface area contributed by atoms with Gasteiger partial charge in [0.2, 0.25) is 0 Å². The molecule has 2 N–H and O–H groups in total. The Morgan fingerprint density at radius 2 is 2.00 bits per heavy atom. The maximum absolute atomic E-state index is 11.4. The lowest BCUT2D eigenvalue weighted by atomic mass is 10.1. The topological polar surface area (TPSA) is 55.6 Å². The van der Waals surface area contributed by atoms with Crippen LogP contribution in [0.1, 0.15) is 20.8 Å². The van der Waals surface area contributed by atoms with E-state index in [4.69, 9.17) is 10.5 Å². The molecule has 0 aromatic rings. The number of likely N-dealkylation sites (tertiary alicyclic amines) is 1. The highest BCUT2D eigenvalue weighted by molar-refractivity contribution is 5.73. The second kappa shape index (κ2) is 3.87. The van der Waals surface area contributed by atoms with Crippen LogP contribution in [-0.2, 0) is 9.53 Å². The van der Waals surface area contributed by atoms with Crippen molar-refractivity contribution in [3.05, 3.63) is 0 Å². The number of carbonyl (C=O) groups is 1. The fraction of sp³-hybridized carbons (Fsp3) is 0.900. The van der Waals surface area contributed by atoms with Crippen LogP contribution in [0.25, 0.3) is 0 Å². The van der Waals surface area contributed by atoms with Crippen LogP contribution in [0.4, 0.5) is 0 Å². The maximum atomic E-state index is 11.4.